The number of benzene rings is 1. The number of anilines is 1. The summed E-state index contributed by atoms with van der Waals surface area (Å²) in [6.07, 6.45) is 4.62. The second-order valence-electron chi connectivity index (χ2n) is 3.83. The quantitative estimate of drug-likeness (QED) is 0.848. The number of halogens is 2. The van der Waals surface area contributed by atoms with E-state index in [0.29, 0.717) is 5.69 Å². The molecule has 0 radical (unpaired) electrons. The first-order valence-electron chi connectivity index (χ1n) is 5.75. The molecular weight excluding hydrogens is 281 g/mol. The van der Waals surface area contributed by atoms with Gasteiger partial charge in [-0.15, -0.1) is 0 Å². The Hall–Kier alpha value is -2.40. The summed E-state index contributed by atoms with van der Waals surface area (Å²) in [6, 6.07) is 8.74. The monoisotopic (exact) mass is 291 g/mol. The van der Waals surface area contributed by atoms with Gasteiger partial charge in [0.1, 0.15) is 5.82 Å². The SMILES string of the molecule is O=C(N/C=C/c1ccc(F)cc1)Nc1cccnc1Cl. The number of carbonyl (C=O) groups excluding carboxylic acids is 1. The van der Waals surface area contributed by atoms with Crippen molar-refractivity contribution in [1.82, 2.24) is 10.3 Å². The smallest absolute Gasteiger partial charge is 0.314 e. The molecule has 0 saturated carbocycles. The van der Waals surface area contributed by atoms with Crippen LogP contribution in [0.3, 0.4) is 0 Å². The highest BCUT2D eigenvalue weighted by Crippen LogP contribution is 2.16. The average Bonchev–Trinajstić information content (AvgIpc) is 2.44. The van der Waals surface area contributed by atoms with Crippen LogP contribution in [0.15, 0.2) is 48.8 Å². The zero-order chi connectivity index (χ0) is 14.4. The molecule has 4 nitrogen and oxygen atoms in total. The molecule has 0 fully saturated rings. The maximum Gasteiger partial charge on any atom is 0.323 e. The van der Waals surface area contributed by atoms with E-state index >= 15 is 0 Å². The van der Waals surface area contributed by atoms with Gasteiger partial charge in [-0.25, -0.2) is 14.2 Å². The van der Waals surface area contributed by atoms with Crippen LogP contribution in [0.25, 0.3) is 6.08 Å². The van der Waals surface area contributed by atoms with Crippen molar-refractivity contribution in [2.75, 3.05) is 5.32 Å². The Morgan fingerprint density at radius 2 is 2.00 bits per heavy atom. The third-order valence-corrected chi connectivity index (χ3v) is 2.67. The zero-order valence-corrected chi connectivity index (χ0v) is 11.1. The fraction of sp³-hybridized carbons (Fsp3) is 0. The van der Waals surface area contributed by atoms with Crippen molar-refractivity contribution in [2.45, 2.75) is 0 Å². The molecule has 20 heavy (non-hydrogen) atoms. The second kappa shape index (κ2) is 6.68. The first-order chi connectivity index (χ1) is 9.65. The fourth-order valence-electron chi connectivity index (χ4n) is 1.43. The minimum absolute atomic E-state index is 0.213. The Morgan fingerprint density at radius 3 is 2.70 bits per heavy atom. The lowest BCUT2D eigenvalue weighted by Crippen LogP contribution is -2.23. The van der Waals surface area contributed by atoms with Crippen LogP contribution in [-0.4, -0.2) is 11.0 Å². The lowest BCUT2D eigenvalue weighted by atomic mass is 10.2. The summed E-state index contributed by atoms with van der Waals surface area (Å²) in [6.45, 7) is 0. The van der Waals surface area contributed by atoms with Crippen molar-refractivity contribution in [3.63, 3.8) is 0 Å². The van der Waals surface area contributed by atoms with Gasteiger partial charge in [-0.2, -0.15) is 0 Å². The van der Waals surface area contributed by atoms with E-state index < -0.39 is 6.03 Å². The molecule has 0 aliphatic rings. The maximum atomic E-state index is 12.7. The molecular formula is C14H11ClFN3O. The molecule has 2 rings (SSSR count). The first kappa shape index (κ1) is 14.0. The van der Waals surface area contributed by atoms with E-state index in [2.05, 4.69) is 15.6 Å². The molecule has 0 aliphatic carbocycles. The van der Waals surface area contributed by atoms with Gasteiger partial charge in [-0.1, -0.05) is 23.7 Å². The lowest BCUT2D eigenvalue weighted by Gasteiger charge is -2.05. The van der Waals surface area contributed by atoms with Gasteiger partial charge >= 0.3 is 6.03 Å². The molecule has 1 aromatic heterocycles. The van der Waals surface area contributed by atoms with Gasteiger partial charge in [0, 0.05) is 12.4 Å². The topological polar surface area (TPSA) is 54.0 Å². The van der Waals surface area contributed by atoms with Crippen molar-refractivity contribution in [2.24, 2.45) is 0 Å². The largest absolute Gasteiger partial charge is 0.323 e. The summed E-state index contributed by atoms with van der Waals surface area (Å²) >= 11 is 5.81. The number of pyridine rings is 1. The van der Waals surface area contributed by atoms with E-state index in [1.807, 2.05) is 0 Å². The molecule has 2 N–H and O–H groups in total. The molecule has 2 aromatic rings. The number of nitrogens with one attached hydrogen (secondary N) is 2. The summed E-state index contributed by atoms with van der Waals surface area (Å²) < 4.78 is 12.7. The average molecular weight is 292 g/mol. The fourth-order valence-corrected chi connectivity index (χ4v) is 1.59. The van der Waals surface area contributed by atoms with Crippen LogP contribution >= 0.6 is 11.6 Å². The van der Waals surface area contributed by atoms with E-state index in [0.717, 1.165) is 5.56 Å². The summed E-state index contributed by atoms with van der Waals surface area (Å²) in [7, 11) is 0. The Bertz CT molecular complexity index is 629. The van der Waals surface area contributed by atoms with E-state index in [9.17, 15) is 9.18 Å². The van der Waals surface area contributed by atoms with Crippen LogP contribution in [-0.2, 0) is 0 Å². The van der Waals surface area contributed by atoms with Gasteiger partial charge in [-0.05, 0) is 35.9 Å². The number of hydrogen-bond acceptors (Lipinski definition) is 2. The van der Waals surface area contributed by atoms with E-state index in [1.54, 1.807) is 30.3 Å². The molecule has 0 unspecified atom stereocenters. The second-order valence-corrected chi connectivity index (χ2v) is 4.18. The van der Waals surface area contributed by atoms with Gasteiger partial charge in [0.15, 0.2) is 5.15 Å². The van der Waals surface area contributed by atoms with Crippen molar-refractivity contribution in [1.29, 1.82) is 0 Å². The number of hydrogen-bond donors (Lipinski definition) is 2. The molecule has 1 aromatic carbocycles. The summed E-state index contributed by atoms with van der Waals surface area (Å²) in [4.78, 5) is 15.4. The first-order valence-corrected chi connectivity index (χ1v) is 6.13. The van der Waals surface area contributed by atoms with E-state index in [1.165, 1.54) is 24.5 Å². The highest BCUT2D eigenvalue weighted by molar-refractivity contribution is 6.32. The predicted octanol–water partition coefficient (Wildman–Crippen LogP) is 3.67. The molecule has 0 bridgehead atoms. The minimum atomic E-state index is -0.446. The van der Waals surface area contributed by atoms with Gasteiger partial charge < -0.3 is 10.6 Å². The molecule has 2 amide bonds. The number of aromatic nitrogens is 1. The molecule has 102 valence electrons. The van der Waals surface area contributed by atoms with E-state index in [-0.39, 0.29) is 11.0 Å². The summed E-state index contributed by atoms with van der Waals surface area (Å²) in [5.74, 6) is -0.306. The Morgan fingerprint density at radius 1 is 1.25 bits per heavy atom. The molecule has 1 heterocycles. The standard InChI is InChI=1S/C14H11ClFN3O/c15-13-12(2-1-8-17-13)19-14(20)18-9-7-10-3-5-11(16)6-4-10/h1-9H,(H2,18,19,20)/b9-7+. The summed E-state index contributed by atoms with van der Waals surface area (Å²) in [5, 5.41) is 5.27. The number of rotatable bonds is 3. The number of carbonyl (C=O) groups is 1. The Balaban J connectivity index is 1.89. The van der Waals surface area contributed by atoms with E-state index in [4.69, 9.17) is 11.6 Å². The summed E-state index contributed by atoms with van der Waals surface area (Å²) in [5.41, 5.74) is 1.19. The van der Waals surface area contributed by atoms with Crippen LogP contribution in [0.1, 0.15) is 5.56 Å². The van der Waals surface area contributed by atoms with Gasteiger partial charge in [0.25, 0.3) is 0 Å². The molecule has 0 saturated heterocycles. The van der Waals surface area contributed by atoms with Crippen LogP contribution in [0.2, 0.25) is 5.15 Å². The third kappa shape index (κ3) is 4.07. The van der Waals surface area contributed by atoms with Crippen molar-refractivity contribution in [3.8, 4) is 0 Å². The molecule has 0 spiro atoms. The normalized spacial score (nSPS) is 10.5. The van der Waals surface area contributed by atoms with Gasteiger partial charge in [0.05, 0.1) is 5.69 Å². The number of urea groups is 1. The molecule has 0 aliphatic heterocycles. The third-order valence-electron chi connectivity index (χ3n) is 2.37. The van der Waals surface area contributed by atoms with Crippen LogP contribution in [0.5, 0.6) is 0 Å². The highest BCUT2D eigenvalue weighted by atomic mass is 35.5. The van der Waals surface area contributed by atoms with Crippen LogP contribution < -0.4 is 10.6 Å². The van der Waals surface area contributed by atoms with Crippen molar-refractivity contribution >= 4 is 29.4 Å². The molecule has 6 heteroatoms. The van der Waals surface area contributed by atoms with Crippen LogP contribution in [0.4, 0.5) is 14.9 Å². The van der Waals surface area contributed by atoms with Crippen LogP contribution in [0, 0.1) is 5.82 Å². The number of amides is 2. The molecule has 0 atom stereocenters. The highest BCUT2D eigenvalue weighted by Gasteiger charge is 2.03. The van der Waals surface area contributed by atoms with Crippen molar-refractivity contribution in [3.05, 3.63) is 65.3 Å². The van der Waals surface area contributed by atoms with Gasteiger partial charge in [-0.3, -0.25) is 0 Å². The maximum absolute atomic E-state index is 12.7. The Labute approximate surface area is 120 Å². The van der Waals surface area contributed by atoms with Gasteiger partial charge in [0.2, 0.25) is 0 Å². The number of nitrogens with zero attached hydrogens (tertiary/aromatic N) is 1. The van der Waals surface area contributed by atoms with Crippen molar-refractivity contribution < 1.29 is 9.18 Å². The zero-order valence-electron chi connectivity index (χ0n) is 10.3. The Kier molecular flexibility index (Phi) is 4.68. The predicted molar refractivity (Wildman–Crippen MR) is 76.8 cm³/mol. The minimum Gasteiger partial charge on any atom is -0.314 e. The lowest BCUT2D eigenvalue weighted by molar-refractivity contribution is 0.255.